The summed E-state index contributed by atoms with van der Waals surface area (Å²) < 4.78 is 15.2. The SMILES string of the molecule is CN(C)C(=O)c1cccc2c(-c3nccc(NC4CC4)n3)c(-c3ccc(F)cc3)nn12. The molecular formula is C23H21FN6O. The first-order chi connectivity index (χ1) is 15.0. The third kappa shape index (κ3) is 3.61. The molecule has 156 valence electrons. The summed E-state index contributed by atoms with van der Waals surface area (Å²) in [6.45, 7) is 0. The fourth-order valence-corrected chi connectivity index (χ4v) is 3.49. The zero-order chi connectivity index (χ0) is 21.5. The van der Waals surface area contributed by atoms with E-state index in [0.29, 0.717) is 39.9 Å². The van der Waals surface area contributed by atoms with Gasteiger partial charge in [-0.15, -0.1) is 0 Å². The molecule has 0 spiro atoms. The number of nitrogens with zero attached hydrogens (tertiary/aromatic N) is 5. The summed E-state index contributed by atoms with van der Waals surface area (Å²) in [4.78, 5) is 23.5. The Balaban J connectivity index is 1.75. The lowest BCUT2D eigenvalue weighted by Crippen LogP contribution is -2.24. The van der Waals surface area contributed by atoms with Crippen molar-refractivity contribution in [3.63, 3.8) is 0 Å². The molecule has 1 aromatic carbocycles. The van der Waals surface area contributed by atoms with Crippen molar-refractivity contribution in [3.8, 4) is 22.6 Å². The van der Waals surface area contributed by atoms with Gasteiger partial charge in [0.05, 0.1) is 11.1 Å². The van der Waals surface area contributed by atoms with Crippen molar-refractivity contribution >= 4 is 17.2 Å². The summed E-state index contributed by atoms with van der Waals surface area (Å²) in [5, 5.41) is 8.13. The summed E-state index contributed by atoms with van der Waals surface area (Å²) >= 11 is 0. The van der Waals surface area contributed by atoms with Gasteiger partial charge in [-0.05, 0) is 55.3 Å². The third-order valence-electron chi connectivity index (χ3n) is 5.21. The Kier molecular flexibility index (Phi) is 4.62. The second kappa shape index (κ2) is 7.46. The first-order valence-electron chi connectivity index (χ1n) is 10.1. The van der Waals surface area contributed by atoms with Crippen LogP contribution in [0.1, 0.15) is 23.3 Å². The second-order valence-corrected chi connectivity index (χ2v) is 7.82. The molecule has 31 heavy (non-hydrogen) atoms. The molecule has 3 aromatic heterocycles. The molecule has 3 heterocycles. The Hall–Kier alpha value is -3.81. The fourth-order valence-electron chi connectivity index (χ4n) is 3.49. The molecule has 0 aliphatic heterocycles. The predicted octanol–water partition coefficient (Wildman–Crippen LogP) is 3.87. The van der Waals surface area contributed by atoms with Crippen LogP contribution in [0.4, 0.5) is 10.2 Å². The Labute approximate surface area is 178 Å². The molecule has 1 saturated carbocycles. The Bertz CT molecular complexity index is 1280. The van der Waals surface area contributed by atoms with Crippen LogP contribution in [0.25, 0.3) is 28.2 Å². The lowest BCUT2D eigenvalue weighted by molar-refractivity contribution is 0.0819. The van der Waals surface area contributed by atoms with Crippen molar-refractivity contribution in [2.75, 3.05) is 19.4 Å². The lowest BCUT2D eigenvalue weighted by Gasteiger charge is -2.11. The van der Waals surface area contributed by atoms with Crippen LogP contribution in [-0.4, -0.2) is 50.5 Å². The highest BCUT2D eigenvalue weighted by atomic mass is 19.1. The number of rotatable bonds is 5. The minimum Gasteiger partial charge on any atom is -0.367 e. The molecule has 1 aliphatic rings. The zero-order valence-electron chi connectivity index (χ0n) is 17.2. The second-order valence-electron chi connectivity index (χ2n) is 7.82. The Morgan fingerprint density at radius 1 is 1.13 bits per heavy atom. The minimum atomic E-state index is -0.329. The maximum absolute atomic E-state index is 13.6. The van der Waals surface area contributed by atoms with E-state index in [0.717, 1.165) is 18.7 Å². The van der Waals surface area contributed by atoms with Gasteiger partial charge in [-0.2, -0.15) is 5.10 Å². The number of pyridine rings is 1. The smallest absolute Gasteiger partial charge is 0.272 e. The number of carbonyl (C=O) groups is 1. The van der Waals surface area contributed by atoms with E-state index in [1.807, 2.05) is 18.2 Å². The van der Waals surface area contributed by atoms with Crippen molar-refractivity contribution in [3.05, 3.63) is 66.2 Å². The van der Waals surface area contributed by atoms with Gasteiger partial charge in [0.25, 0.3) is 5.91 Å². The number of anilines is 1. The fraction of sp³-hybridized carbons (Fsp3) is 0.217. The zero-order valence-corrected chi connectivity index (χ0v) is 17.2. The van der Waals surface area contributed by atoms with Gasteiger partial charge in [-0.1, -0.05) is 6.07 Å². The van der Waals surface area contributed by atoms with Crippen molar-refractivity contribution in [2.24, 2.45) is 0 Å². The maximum Gasteiger partial charge on any atom is 0.272 e. The monoisotopic (exact) mass is 416 g/mol. The average molecular weight is 416 g/mol. The summed E-state index contributed by atoms with van der Waals surface area (Å²) in [6, 6.07) is 13.8. The number of amides is 1. The number of aromatic nitrogens is 4. The van der Waals surface area contributed by atoms with E-state index in [-0.39, 0.29) is 11.7 Å². The van der Waals surface area contributed by atoms with Gasteiger partial charge in [0, 0.05) is 31.9 Å². The van der Waals surface area contributed by atoms with E-state index < -0.39 is 0 Å². The summed E-state index contributed by atoms with van der Waals surface area (Å²) in [6.07, 6.45) is 3.97. The Morgan fingerprint density at radius 3 is 2.61 bits per heavy atom. The highest BCUT2D eigenvalue weighted by molar-refractivity contribution is 5.96. The van der Waals surface area contributed by atoms with E-state index in [4.69, 9.17) is 10.1 Å². The molecule has 1 aliphatic carbocycles. The number of benzene rings is 1. The molecule has 0 atom stereocenters. The van der Waals surface area contributed by atoms with Crippen LogP contribution in [-0.2, 0) is 0 Å². The predicted molar refractivity (Wildman–Crippen MR) is 116 cm³/mol. The van der Waals surface area contributed by atoms with Crippen LogP contribution < -0.4 is 5.32 Å². The van der Waals surface area contributed by atoms with Crippen LogP contribution in [0.2, 0.25) is 0 Å². The molecule has 0 unspecified atom stereocenters. The number of nitrogens with one attached hydrogen (secondary N) is 1. The molecule has 0 radical (unpaired) electrons. The number of carbonyl (C=O) groups excluding carboxylic acids is 1. The minimum absolute atomic E-state index is 0.171. The van der Waals surface area contributed by atoms with Crippen molar-refractivity contribution in [1.29, 1.82) is 0 Å². The van der Waals surface area contributed by atoms with E-state index in [2.05, 4.69) is 10.3 Å². The van der Waals surface area contributed by atoms with Gasteiger partial charge in [0.2, 0.25) is 0 Å². The number of halogens is 1. The van der Waals surface area contributed by atoms with Gasteiger partial charge < -0.3 is 10.2 Å². The molecule has 4 aromatic rings. The van der Waals surface area contributed by atoms with Gasteiger partial charge >= 0.3 is 0 Å². The topological polar surface area (TPSA) is 75.4 Å². The van der Waals surface area contributed by atoms with Crippen LogP contribution >= 0.6 is 0 Å². The molecule has 1 N–H and O–H groups in total. The van der Waals surface area contributed by atoms with Gasteiger partial charge in [-0.3, -0.25) is 4.79 Å². The van der Waals surface area contributed by atoms with E-state index in [1.54, 1.807) is 43.0 Å². The first kappa shape index (κ1) is 19.2. The molecular weight excluding hydrogens is 395 g/mol. The third-order valence-corrected chi connectivity index (χ3v) is 5.21. The van der Waals surface area contributed by atoms with Crippen LogP contribution in [0.5, 0.6) is 0 Å². The van der Waals surface area contributed by atoms with E-state index >= 15 is 0 Å². The molecule has 1 fully saturated rings. The summed E-state index contributed by atoms with van der Waals surface area (Å²) in [5.74, 6) is 0.742. The highest BCUT2D eigenvalue weighted by Gasteiger charge is 2.24. The maximum atomic E-state index is 13.6. The van der Waals surface area contributed by atoms with Gasteiger partial charge in [-0.25, -0.2) is 18.9 Å². The largest absolute Gasteiger partial charge is 0.367 e. The quantitative estimate of drug-likeness (QED) is 0.535. The number of hydrogen-bond acceptors (Lipinski definition) is 5. The van der Waals surface area contributed by atoms with Crippen LogP contribution in [0, 0.1) is 5.82 Å². The molecule has 7 nitrogen and oxygen atoms in total. The van der Waals surface area contributed by atoms with Gasteiger partial charge in [0.1, 0.15) is 23.0 Å². The van der Waals surface area contributed by atoms with Crippen molar-refractivity contribution < 1.29 is 9.18 Å². The molecule has 0 saturated heterocycles. The summed E-state index contributed by atoms with van der Waals surface area (Å²) in [7, 11) is 3.39. The van der Waals surface area contributed by atoms with E-state index in [9.17, 15) is 9.18 Å². The van der Waals surface area contributed by atoms with Crippen molar-refractivity contribution in [2.45, 2.75) is 18.9 Å². The molecule has 0 bridgehead atoms. The number of hydrogen-bond donors (Lipinski definition) is 1. The highest BCUT2D eigenvalue weighted by Crippen LogP contribution is 2.35. The lowest BCUT2D eigenvalue weighted by atomic mass is 10.1. The normalized spacial score (nSPS) is 13.4. The summed E-state index contributed by atoms with van der Waals surface area (Å²) in [5.41, 5.74) is 3.12. The van der Waals surface area contributed by atoms with Crippen LogP contribution in [0.3, 0.4) is 0 Å². The molecule has 5 rings (SSSR count). The van der Waals surface area contributed by atoms with Crippen LogP contribution in [0.15, 0.2) is 54.7 Å². The first-order valence-corrected chi connectivity index (χ1v) is 10.1. The van der Waals surface area contributed by atoms with Gasteiger partial charge in [0.15, 0.2) is 5.82 Å². The van der Waals surface area contributed by atoms with E-state index in [1.165, 1.54) is 17.0 Å². The Morgan fingerprint density at radius 2 is 1.90 bits per heavy atom. The average Bonchev–Trinajstić information content (AvgIpc) is 3.49. The molecule has 8 heteroatoms. The molecule has 1 amide bonds. The number of fused-ring (bicyclic) bond motifs is 1. The van der Waals surface area contributed by atoms with Crippen molar-refractivity contribution in [1.82, 2.24) is 24.5 Å². The standard InChI is InChI=1S/C23H21FN6O/c1-29(2)23(31)18-5-3-4-17-20(22-25-13-12-19(27-22)26-16-10-11-16)21(28-30(17)18)14-6-8-15(24)9-7-14/h3-9,12-13,16H,10-11H2,1-2H3,(H,25,26,27).